The number of ether oxygens (including phenoxy) is 1. The van der Waals surface area contributed by atoms with Gasteiger partial charge in [-0.2, -0.15) is 0 Å². The van der Waals surface area contributed by atoms with Crippen molar-refractivity contribution in [3.05, 3.63) is 99.8 Å². The minimum Gasteiger partial charge on any atom is -0.487 e. The Morgan fingerprint density at radius 2 is 1.97 bits per heavy atom. The standard InChI is InChI=1S/C32H38ClN3O2/c1-4-36(20-23-9-12-25(33)13-10-23)26-15-18-35(21-26)17-6-8-27-28-7-5-16-34-30(28)22-38-31-14-11-24(19-29(27)31)32(2,3)37/h5,7-14,16,19,26,37H,4,6,15,17-18,20-22H2,1-3H3/t26-/m1/s1. The van der Waals surface area contributed by atoms with Crippen molar-refractivity contribution < 1.29 is 9.84 Å². The SMILES string of the molecule is CCN(Cc1ccc(Cl)cc1)[C@@H]1CCN(CCC=C2c3cc(C(C)(C)O)ccc3OCc3ncccc32)C1. The van der Waals surface area contributed by atoms with Crippen LogP contribution in [-0.2, 0) is 18.8 Å². The average molecular weight is 532 g/mol. The van der Waals surface area contributed by atoms with E-state index >= 15 is 0 Å². The third kappa shape index (κ3) is 6.13. The first kappa shape index (κ1) is 26.9. The van der Waals surface area contributed by atoms with Crippen molar-refractivity contribution in [2.24, 2.45) is 0 Å². The van der Waals surface area contributed by atoms with Crippen LogP contribution in [-0.4, -0.2) is 52.1 Å². The molecule has 2 aliphatic rings. The first-order chi connectivity index (χ1) is 18.3. The van der Waals surface area contributed by atoms with Crippen LogP contribution < -0.4 is 4.74 Å². The van der Waals surface area contributed by atoms with Crippen LogP contribution >= 0.6 is 11.6 Å². The molecule has 3 heterocycles. The molecule has 2 aliphatic heterocycles. The van der Waals surface area contributed by atoms with Gasteiger partial charge in [-0.1, -0.05) is 48.9 Å². The van der Waals surface area contributed by atoms with Crippen molar-refractivity contribution in [2.45, 2.75) is 58.4 Å². The molecule has 0 unspecified atom stereocenters. The summed E-state index contributed by atoms with van der Waals surface area (Å²) in [6.07, 6.45) is 6.29. The maximum Gasteiger partial charge on any atom is 0.131 e. The number of likely N-dealkylation sites (N-methyl/N-ethyl adjacent to an activating group) is 1. The Hall–Kier alpha value is -2.70. The number of nitrogens with zero attached hydrogens (tertiary/aromatic N) is 3. The molecular weight excluding hydrogens is 494 g/mol. The number of fused-ring (bicyclic) bond motifs is 2. The van der Waals surface area contributed by atoms with Crippen LogP contribution in [0.2, 0.25) is 5.02 Å². The molecule has 6 heteroatoms. The van der Waals surface area contributed by atoms with Gasteiger partial charge < -0.3 is 14.7 Å². The molecule has 0 bridgehead atoms. The van der Waals surface area contributed by atoms with Gasteiger partial charge in [-0.15, -0.1) is 0 Å². The van der Waals surface area contributed by atoms with Crippen LogP contribution in [0.25, 0.3) is 5.57 Å². The Balaban J connectivity index is 1.31. The molecular formula is C32H38ClN3O2. The van der Waals surface area contributed by atoms with E-state index in [9.17, 15) is 5.11 Å². The van der Waals surface area contributed by atoms with Gasteiger partial charge in [0, 0.05) is 48.0 Å². The summed E-state index contributed by atoms with van der Waals surface area (Å²) < 4.78 is 6.15. The molecule has 200 valence electrons. The highest BCUT2D eigenvalue weighted by atomic mass is 35.5. The van der Waals surface area contributed by atoms with E-state index in [1.54, 1.807) is 0 Å². The van der Waals surface area contributed by atoms with Gasteiger partial charge in [-0.3, -0.25) is 9.88 Å². The summed E-state index contributed by atoms with van der Waals surface area (Å²) in [5, 5.41) is 11.5. The second-order valence-corrected chi connectivity index (χ2v) is 11.3. The van der Waals surface area contributed by atoms with Crippen LogP contribution in [0.1, 0.15) is 61.6 Å². The Bertz CT molecular complexity index is 1280. The highest BCUT2D eigenvalue weighted by Gasteiger charge is 2.27. The highest BCUT2D eigenvalue weighted by Crippen LogP contribution is 2.38. The van der Waals surface area contributed by atoms with Gasteiger partial charge in [0.05, 0.1) is 11.3 Å². The molecule has 1 fully saturated rings. The van der Waals surface area contributed by atoms with Gasteiger partial charge in [0.1, 0.15) is 12.4 Å². The minimum atomic E-state index is -0.925. The molecule has 0 spiro atoms. The number of pyridine rings is 1. The summed E-state index contributed by atoms with van der Waals surface area (Å²) in [7, 11) is 0. The number of benzene rings is 2. The predicted octanol–water partition coefficient (Wildman–Crippen LogP) is 6.27. The molecule has 5 nitrogen and oxygen atoms in total. The smallest absolute Gasteiger partial charge is 0.131 e. The molecule has 38 heavy (non-hydrogen) atoms. The summed E-state index contributed by atoms with van der Waals surface area (Å²) >= 11 is 6.08. The quantitative estimate of drug-likeness (QED) is 0.371. The maximum atomic E-state index is 10.7. The molecule has 1 aromatic heterocycles. The lowest BCUT2D eigenvalue weighted by atomic mass is 9.90. The molecule has 0 aliphatic carbocycles. The van der Waals surface area contributed by atoms with Crippen molar-refractivity contribution in [3.63, 3.8) is 0 Å². The molecule has 1 N–H and O–H groups in total. The topological polar surface area (TPSA) is 48.8 Å². The van der Waals surface area contributed by atoms with Gasteiger partial charge >= 0.3 is 0 Å². The fourth-order valence-electron chi connectivity index (χ4n) is 5.58. The normalized spacial score (nSPS) is 18.8. The van der Waals surface area contributed by atoms with Crippen LogP contribution in [0.4, 0.5) is 0 Å². The molecule has 1 saturated heterocycles. The van der Waals surface area contributed by atoms with Crippen LogP contribution in [0.5, 0.6) is 5.75 Å². The molecule has 0 saturated carbocycles. The molecule has 2 aromatic carbocycles. The molecule has 1 atom stereocenters. The van der Waals surface area contributed by atoms with Crippen molar-refractivity contribution in [2.75, 3.05) is 26.2 Å². The van der Waals surface area contributed by atoms with Gasteiger partial charge in [0.15, 0.2) is 0 Å². The predicted molar refractivity (Wildman–Crippen MR) is 154 cm³/mol. The summed E-state index contributed by atoms with van der Waals surface area (Å²) in [6, 6.07) is 18.9. The van der Waals surface area contributed by atoms with Crippen LogP contribution in [0, 0.1) is 0 Å². The van der Waals surface area contributed by atoms with E-state index in [2.05, 4.69) is 52.0 Å². The Labute approximate surface area is 231 Å². The summed E-state index contributed by atoms with van der Waals surface area (Å²) in [5.74, 6) is 0.837. The van der Waals surface area contributed by atoms with E-state index in [0.717, 1.165) is 77.9 Å². The van der Waals surface area contributed by atoms with E-state index in [1.165, 1.54) is 12.0 Å². The Kier molecular flexibility index (Phi) is 8.20. The number of halogens is 1. The second kappa shape index (κ2) is 11.6. The highest BCUT2D eigenvalue weighted by molar-refractivity contribution is 6.30. The lowest BCUT2D eigenvalue weighted by Gasteiger charge is -2.28. The first-order valence-electron chi connectivity index (χ1n) is 13.7. The third-order valence-corrected chi connectivity index (χ3v) is 8.04. The Morgan fingerprint density at radius 1 is 1.16 bits per heavy atom. The largest absolute Gasteiger partial charge is 0.487 e. The fourth-order valence-corrected chi connectivity index (χ4v) is 5.71. The van der Waals surface area contributed by atoms with Crippen molar-refractivity contribution in [3.8, 4) is 5.75 Å². The van der Waals surface area contributed by atoms with Gasteiger partial charge in [-0.25, -0.2) is 0 Å². The second-order valence-electron chi connectivity index (χ2n) is 10.9. The van der Waals surface area contributed by atoms with E-state index in [4.69, 9.17) is 16.3 Å². The van der Waals surface area contributed by atoms with Gasteiger partial charge in [0.25, 0.3) is 0 Å². The van der Waals surface area contributed by atoms with E-state index < -0.39 is 5.60 Å². The van der Waals surface area contributed by atoms with Crippen LogP contribution in [0.3, 0.4) is 0 Å². The number of likely N-dealkylation sites (tertiary alicyclic amines) is 1. The minimum absolute atomic E-state index is 0.441. The number of hydrogen-bond acceptors (Lipinski definition) is 5. The van der Waals surface area contributed by atoms with Gasteiger partial charge in [-0.05, 0) is 86.8 Å². The maximum absolute atomic E-state index is 10.7. The fraction of sp³-hybridized carbons (Fsp3) is 0.406. The summed E-state index contributed by atoms with van der Waals surface area (Å²) in [6.45, 7) is 11.5. The number of aromatic nitrogens is 1. The lowest BCUT2D eigenvalue weighted by molar-refractivity contribution is 0.0785. The molecule has 5 rings (SSSR count). The average Bonchev–Trinajstić information content (AvgIpc) is 3.32. The molecule has 3 aromatic rings. The van der Waals surface area contributed by atoms with Gasteiger partial charge in [0.2, 0.25) is 0 Å². The van der Waals surface area contributed by atoms with Crippen molar-refractivity contribution >= 4 is 17.2 Å². The zero-order valence-corrected chi connectivity index (χ0v) is 23.4. The lowest BCUT2D eigenvalue weighted by Crippen LogP contribution is -2.37. The number of hydrogen-bond donors (Lipinski definition) is 1. The van der Waals surface area contributed by atoms with Crippen molar-refractivity contribution in [1.82, 2.24) is 14.8 Å². The summed E-state index contributed by atoms with van der Waals surface area (Å²) in [4.78, 5) is 9.77. The summed E-state index contributed by atoms with van der Waals surface area (Å²) in [5.41, 5.74) is 5.48. The number of rotatable bonds is 8. The number of aliphatic hydroxyl groups is 1. The molecule has 0 radical (unpaired) electrons. The third-order valence-electron chi connectivity index (χ3n) is 7.78. The van der Waals surface area contributed by atoms with E-state index in [1.807, 2.05) is 50.4 Å². The Morgan fingerprint density at radius 3 is 2.74 bits per heavy atom. The van der Waals surface area contributed by atoms with Crippen LogP contribution in [0.15, 0.2) is 66.9 Å². The molecule has 0 amide bonds. The first-order valence-corrected chi connectivity index (χ1v) is 14.0. The zero-order valence-electron chi connectivity index (χ0n) is 22.7. The van der Waals surface area contributed by atoms with Crippen molar-refractivity contribution in [1.29, 1.82) is 0 Å². The van der Waals surface area contributed by atoms with E-state index in [0.29, 0.717) is 12.6 Å². The monoisotopic (exact) mass is 531 g/mol. The zero-order chi connectivity index (χ0) is 26.7. The van der Waals surface area contributed by atoms with E-state index in [-0.39, 0.29) is 0 Å².